The molecule has 0 atom stereocenters. The van der Waals surface area contributed by atoms with Crippen LogP contribution in [0.1, 0.15) is 36.0 Å². The van der Waals surface area contributed by atoms with Gasteiger partial charge in [0.15, 0.2) is 0 Å². The van der Waals surface area contributed by atoms with E-state index in [0.717, 1.165) is 18.7 Å². The average molecular weight is 307 g/mol. The minimum absolute atomic E-state index is 0.00116. The van der Waals surface area contributed by atoms with E-state index in [1.807, 2.05) is 28.5 Å². The maximum absolute atomic E-state index is 12.8. The third kappa shape index (κ3) is 2.72. The van der Waals surface area contributed by atoms with Crippen molar-refractivity contribution in [2.45, 2.75) is 31.7 Å². The van der Waals surface area contributed by atoms with Gasteiger partial charge in [0.05, 0.1) is 9.90 Å². The fourth-order valence-corrected chi connectivity index (χ4v) is 3.53. The molecule has 0 bridgehead atoms. The van der Waals surface area contributed by atoms with Gasteiger partial charge in [-0.3, -0.25) is 9.69 Å². The van der Waals surface area contributed by atoms with Gasteiger partial charge in [0.25, 0.3) is 5.91 Å². The molecule has 2 aromatic rings. The summed E-state index contributed by atoms with van der Waals surface area (Å²) < 4.78 is 0.640. The molecule has 3 rings (SSSR count). The lowest BCUT2D eigenvalue weighted by atomic mass is 10.1. The Kier molecular flexibility index (Phi) is 4.03. The predicted molar refractivity (Wildman–Crippen MR) is 82.6 cm³/mol. The Morgan fingerprint density at radius 2 is 2.15 bits per heavy atom. The number of anilines is 1. The molecule has 1 saturated carbocycles. The molecule has 0 N–H and O–H groups in total. The Hall–Kier alpha value is -1.39. The molecule has 0 spiro atoms. The van der Waals surface area contributed by atoms with Crippen LogP contribution in [0.15, 0.2) is 35.8 Å². The zero-order valence-electron chi connectivity index (χ0n) is 11.0. The molecule has 0 aromatic carbocycles. The van der Waals surface area contributed by atoms with Crippen LogP contribution < -0.4 is 4.90 Å². The molecule has 1 aliphatic rings. The van der Waals surface area contributed by atoms with Crippen LogP contribution in [0, 0.1) is 0 Å². The highest BCUT2D eigenvalue weighted by Gasteiger charge is 2.29. The average Bonchev–Trinajstić information content (AvgIpc) is 3.12. The first-order valence-electron chi connectivity index (χ1n) is 6.74. The summed E-state index contributed by atoms with van der Waals surface area (Å²) in [6.07, 6.45) is 6.16. The number of amides is 1. The Labute approximate surface area is 127 Å². The van der Waals surface area contributed by atoms with Gasteiger partial charge >= 0.3 is 0 Å². The van der Waals surface area contributed by atoms with Crippen molar-refractivity contribution < 1.29 is 4.79 Å². The Balaban J connectivity index is 1.95. The van der Waals surface area contributed by atoms with Gasteiger partial charge in [-0.1, -0.05) is 30.5 Å². The lowest BCUT2D eigenvalue weighted by Gasteiger charge is -2.27. The topological polar surface area (TPSA) is 33.2 Å². The minimum atomic E-state index is -0.00116. The quantitative estimate of drug-likeness (QED) is 0.843. The highest BCUT2D eigenvalue weighted by Crippen LogP contribution is 2.30. The highest BCUT2D eigenvalue weighted by molar-refractivity contribution is 7.14. The molecule has 2 heterocycles. The van der Waals surface area contributed by atoms with Crippen LogP contribution in [0.4, 0.5) is 5.82 Å². The van der Waals surface area contributed by atoms with Crippen molar-refractivity contribution in [3.05, 3.63) is 45.7 Å². The standard InChI is InChI=1S/C15H15ClN2OS/c16-13-9-11(10-20-13)15(19)18(12-5-1-2-6-12)14-7-3-4-8-17-14/h3-4,7-10,12H,1-2,5-6H2. The van der Waals surface area contributed by atoms with Crippen molar-refractivity contribution in [2.24, 2.45) is 0 Å². The van der Waals surface area contributed by atoms with Crippen LogP contribution in [0.5, 0.6) is 0 Å². The molecule has 0 saturated heterocycles. The number of rotatable bonds is 3. The van der Waals surface area contributed by atoms with Crippen molar-refractivity contribution in [1.29, 1.82) is 0 Å². The maximum atomic E-state index is 12.8. The van der Waals surface area contributed by atoms with Gasteiger partial charge in [0.2, 0.25) is 0 Å². The molecular formula is C15H15ClN2OS. The number of aromatic nitrogens is 1. The van der Waals surface area contributed by atoms with Crippen LogP contribution in [0.2, 0.25) is 4.34 Å². The highest BCUT2D eigenvalue weighted by atomic mass is 35.5. The van der Waals surface area contributed by atoms with Crippen LogP contribution in [-0.2, 0) is 0 Å². The number of carbonyl (C=O) groups excluding carboxylic acids is 1. The molecule has 3 nitrogen and oxygen atoms in total. The van der Waals surface area contributed by atoms with Gasteiger partial charge in [-0.25, -0.2) is 4.98 Å². The summed E-state index contributed by atoms with van der Waals surface area (Å²) in [4.78, 5) is 19.0. The molecular weight excluding hydrogens is 292 g/mol. The summed E-state index contributed by atoms with van der Waals surface area (Å²) in [7, 11) is 0. The minimum Gasteiger partial charge on any atom is -0.290 e. The van der Waals surface area contributed by atoms with Gasteiger partial charge < -0.3 is 0 Å². The van der Waals surface area contributed by atoms with E-state index >= 15 is 0 Å². The van der Waals surface area contributed by atoms with Gasteiger partial charge in [-0.2, -0.15) is 0 Å². The number of hydrogen-bond donors (Lipinski definition) is 0. The lowest BCUT2D eigenvalue weighted by Crippen LogP contribution is -2.39. The van der Waals surface area contributed by atoms with Crippen LogP contribution in [0.3, 0.4) is 0 Å². The van der Waals surface area contributed by atoms with Crippen molar-refractivity contribution in [2.75, 3.05) is 4.90 Å². The normalized spacial score (nSPS) is 15.4. The summed E-state index contributed by atoms with van der Waals surface area (Å²) >= 11 is 7.33. The third-order valence-electron chi connectivity index (χ3n) is 3.62. The van der Waals surface area contributed by atoms with Gasteiger partial charge in [0, 0.05) is 17.6 Å². The van der Waals surface area contributed by atoms with Crippen molar-refractivity contribution in [3.8, 4) is 0 Å². The largest absolute Gasteiger partial charge is 0.290 e. The second-order valence-electron chi connectivity index (χ2n) is 4.94. The van der Waals surface area contributed by atoms with Crippen molar-refractivity contribution in [3.63, 3.8) is 0 Å². The summed E-state index contributed by atoms with van der Waals surface area (Å²) in [5, 5.41) is 1.82. The summed E-state index contributed by atoms with van der Waals surface area (Å²) in [5.41, 5.74) is 0.651. The molecule has 0 radical (unpaired) electrons. The molecule has 1 amide bonds. The number of pyridine rings is 1. The number of nitrogens with zero attached hydrogens (tertiary/aromatic N) is 2. The molecule has 104 valence electrons. The van der Waals surface area contributed by atoms with E-state index in [-0.39, 0.29) is 11.9 Å². The van der Waals surface area contributed by atoms with Gasteiger partial charge in [-0.15, -0.1) is 11.3 Å². The van der Waals surface area contributed by atoms with Crippen LogP contribution in [-0.4, -0.2) is 16.9 Å². The van der Waals surface area contributed by atoms with E-state index in [1.54, 1.807) is 12.3 Å². The molecule has 2 aromatic heterocycles. The Morgan fingerprint density at radius 1 is 1.35 bits per heavy atom. The molecule has 0 unspecified atom stereocenters. The van der Waals surface area contributed by atoms with Crippen molar-refractivity contribution in [1.82, 2.24) is 4.98 Å². The van der Waals surface area contributed by atoms with E-state index in [2.05, 4.69) is 4.98 Å². The second kappa shape index (κ2) is 5.94. The molecule has 0 aliphatic heterocycles. The van der Waals surface area contributed by atoms with Crippen molar-refractivity contribution >= 4 is 34.7 Å². The Morgan fingerprint density at radius 3 is 2.75 bits per heavy atom. The lowest BCUT2D eigenvalue weighted by molar-refractivity contribution is 0.0976. The summed E-state index contributed by atoms with van der Waals surface area (Å²) in [5.74, 6) is 0.727. The zero-order chi connectivity index (χ0) is 13.9. The maximum Gasteiger partial charge on any atom is 0.260 e. The van der Waals surface area contributed by atoms with E-state index in [9.17, 15) is 4.79 Å². The zero-order valence-corrected chi connectivity index (χ0v) is 12.5. The van der Waals surface area contributed by atoms with E-state index in [1.165, 1.54) is 24.2 Å². The number of halogens is 1. The molecule has 1 aliphatic carbocycles. The van der Waals surface area contributed by atoms with Gasteiger partial charge in [0.1, 0.15) is 5.82 Å². The third-order valence-corrected chi connectivity index (χ3v) is 4.71. The smallest absolute Gasteiger partial charge is 0.260 e. The fourth-order valence-electron chi connectivity index (χ4n) is 2.68. The van der Waals surface area contributed by atoms with Gasteiger partial charge in [-0.05, 0) is 31.0 Å². The van der Waals surface area contributed by atoms with Crippen LogP contribution >= 0.6 is 22.9 Å². The molecule has 20 heavy (non-hydrogen) atoms. The SMILES string of the molecule is O=C(c1csc(Cl)c1)N(c1ccccn1)C1CCCC1. The predicted octanol–water partition coefficient (Wildman–Crippen LogP) is 4.39. The van der Waals surface area contributed by atoms with E-state index in [0.29, 0.717) is 9.90 Å². The first-order chi connectivity index (χ1) is 9.75. The number of thiophene rings is 1. The summed E-state index contributed by atoms with van der Waals surface area (Å²) in [6, 6.07) is 7.65. The van der Waals surface area contributed by atoms with E-state index < -0.39 is 0 Å². The summed E-state index contributed by atoms with van der Waals surface area (Å²) in [6.45, 7) is 0. The second-order valence-corrected chi connectivity index (χ2v) is 6.48. The molecule has 5 heteroatoms. The fraction of sp³-hybridized carbons (Fsp3) is 0.333. The number of carbonyl (C=O) groups is 1. The molecule has 1 fully saturated rings. The Bertz CT molecular complexity index is 593. The first-order valence-corrected chi connectivity index (χ1v) is 8.00. The monoisotopic (exact) mass is 306 g/mol. The number of hydrogen-bond acceptors (Lipinski definition) is 3. The van der Waals surface area contributed by atoms with Crippen LogP contribution in [0.25, 0.3) is 0 Å². The first kappa shape index (κ1) is 13.6. The van der Waals surface area contributed by atoms with E-state index in [4.69, 9.17) is 11.6 Å².